The number of benzene rings is 1. The van der Waals surface area contributed by atoms with E-state index < -0.39 is 0 Å². The van der Waals surface area contributed by atoms with Crippen molar-refractivity contribution >= 4 is 21.8 Å². The van der Waals surface area contributed by atoms with Crippen molar-refractivity contribution in [3.8, 4) is 11.8 Å². The lowest BCUT2D eigenvalue weighted by atomic mass is 10.1. The summed E-state index contributed by atoms with van der Waals surface area (Å²) in [5.41, 5.74) is 0.209. The van der Waals surface area contributed by atoms with Crippen LogP contribution in [0.25, 0.3) is 0 Å². The number of carbonyl (C=O) groups is 1. The summed E-state index contributed by atoms with van der Waals surface area (Å²) in [6, 6.07) is 6.57. The van der Waals surface area contributed by atoms with Gasteiger partial charge in [0.2, 0.25) is 0 Å². The van der Waals surface area contributed by atoms with Gasteiger partial charge in [-0.2, -0.15) is 5.26 Å². The second-order valence-corrected chi connectivity index (χ2v) is 4.05. The average molecular weight is 283 g/mol. The summed E-state index contributed by atoms with van der Waals surface area (Å²) in [5.74, 6) is -0.426. The van der Waals surface area contributed by atoms with Crippen LogP contribution in [0.5, 0.6) is 5.75 Å². The van der Waals surface area contributed by atoms with Crippen LogP contribution in [0.3, 0.4) is 0 Å². The molecular formula is C11H11BrN2O2. The number of halogens is 1. The van der Waals surface area contributed by atoms with Crippen LogP contribution in [0.15, 0.2) is 22.7 Å². The Balaban J connectivity index is 3.00. The molecule has 0 spiro atoms. The van der Waals surface area contributed by atoms with Gasteiger partial charge in [-0.05, 0) is 25.1 Å². The Morgan fingerprint density at radius 1 is 1.62 bits per heavy atom. The van der Waals surface area contributed by atoms with Crippen molar-refractivity contribution in [3.05, 3.63) is 28.2 Å². The van der Waals surface area contributed by atoms with Gasteiger partial charge in [-0.15, -0.1) is 0 Å². The summed E-state index contributed by atoms with van der Waals surface area (Å²) in [5, 5.41) is 18.2. The van der Waals surface area contributed by atoms with E-state index in [0.29, 0.717) is 11.0 Å². The number of hydrogen-bond donors (Lipinski definition) is 1. The maximum atomic E-state index is 11.9. The number of hydrogen-bond acceptors (Lipinski definition) is 3. The third-order valence-corrected chi connectivity index (χ3v) is 2.61. The highest BCUT2D eigenvalue weighted by Crippen LogP contribution is 2.23. The van der Waals surface area contributed by atoms with Crippen molar-refractivity contribution in [2.75, 3.05) is 13.1 Å². The van der Waals surface area contributed by atoms with Gasteiger partial charge in [-0.1, -0.05) is 15.9 Å². The Morgan fingerprint density at radius 2 is 2.31 bits per heavy atom. The third-order valence-electron chi connectivity index (χ3n) is 2.12. The summed E-state index contributed by atoms with van der Waals surface area (Å²) in [6.07, 6.45) is 0. The third kappa shape index (κ3) is 2.74. The topological polar surface area (TPSA) is 64.3 Å². The normalized spacial score (nSPS) is 9.56. The summed E-state index contributed by atoms with van der Waals surface area (Å²) < 4.78 is 0.699. The molecule has 0 aliphatic rings. The molecule has 84 valence electrons. The fourth-order valence-electron chi connectivity index (χ4n) is 1.27. The van der Waals surface area contributed by atoms with Gasteiger partial charge in [0.1, 0.15) is 12.3 Å². The van der Waals surface area contributed by atoms with Gasteiger partial charge in [0.15, 0.2) is 0 Å². The van der Waals surface area contributed by atoms with E-state index in [1.807, 2.05) is 6.07 Å². The largest absolute Gasteiger partial charge is 0.507 e. The summed E-state index contributed by atoms with van der Waals surface area (Å²) >= 11 is 3.19. The Bertz CT molecular complexity index is 440. The minimum atomic E-state index is -0.339. The van der Waals surface area contributed by atoms with Gasteiger partial charge in [-0.3, -0.25) is 4.79 Å². The summed E-state index contributed by atoms with van der Waals surface area (Å²) in [6.45, 7) is 2.23. The van der Waals surface area contributed by atoms with Crippen LogP contribution in [0.2, 0.25) is 0 Å². The van der Waals surface area contributed by atoms with Crippen molar-refractivity contribution in [1.82, 2.24) is 4.90 Å². The lowest BCUT2D eigenvalue weighted by Gasteiger charge is -2.17. The van der Waals surface area contributed by atoms with Crippen molar-refractivity contribution < 1.29 is 9.90 Å². The van der Waals surface area contributed by atoms with Crippen LogP contribution in [0, 0.1) is 11.3 Å². The van der Waals surface area contributed by atoms with Crippen LogP contribution in [0.1, 0.15) is 17.3 Å². The number of nitriles is 1. The van der Waals surface area contributed by atoms with Crippen LogP contribution in [-0.2, 0) is 0 Å². The Kier molecular flexibility index (Phi) is 4.32. The Morgan fingerprint density at radius 3 is 2.81 bits per heavy atom. The molecule has 0 unspecified atom stereocenters. The summed E-state index contributed by atoms with van der Waals surface area (Å²) in [4.78, 5) is 13.3. The molecule has 0 heterocycles. The predicted octanol–water partition coefficient (Wildman–Crippen LogP) is 2.14. The molecule has 0 saturated heterocycles. The van der Waals surface area contributed by atoms with Gasteiger partial charge in [0.25, 0.3) is 5.91 Å². The molecular weight excluding hydrogens is 272 g/mol. The number of nitrogens with zero attached hydrogens (tertiary/aromatic N) is 2. The standard InChI is InChI=1S/C11H11BrN2O2/c1-2-14(6-5-13)11(16)9-4-3-8(12)7-10(9)15/h3-4,7,15H,2,6H2,1H3. The number of carbonyl (C=O) groups excluding carboxylic acids is 1. The molecule has 1 aromatic rings. The first-order valence-corrected chi connectivity index (χ1v) is 5.54. The first-order valence-electron chi connectivity index (χ1n) is 4.75. The van der Waals surface area contributed by atoms with E-state index in [1.54, 1.807) is 13.0 Å². The maximum absolute atomic E-state index is 11.9. The zero-order valence-electron chi connectivity index (χ0n) is 8.77. The smallest absolute Gasteiger partial charge is 0.258 e. The van der Waals surface area contributed by atoms with E-state index in [-0.39, 0.29) is 23.8 Å². The molecule has 0 saturated carbocycles. The molecule has 1 aromatic carbocycles. The molecule has 0 aliphatic heterocycles. The highest BCUT2D eigenvalue weighted by Gasteiger charge is 2.17. The Labute approximate surface area is 102 Å². The fraction of sp³-hybridized carbons (Fsp3) is 0.273. The van der Waals surface area contributed by atoms with E-state index in [4.69, 9.17) is 5.26 Å². The zero-order valence-corrected chi connectivity index (χ0v) is 10.4. The minimum Gasteiger partial charge on any atom is -0.507 e. The maximum Gasteiger partial charge on any atom is 0.258 e. The second-order valence-electron chi connectivity index (χ2n) is 3.14. The first-order chi connectivity index (χ1) is 7.60. The van der Waals surface area contributed by atoms with Crippen LogP contribution in [-0.4, -0.2) is 29.0 Å². The molecule has 0 aliphatic carbocycles. The zero-order chi connectivity index (χ0) is 12.1. The van der Waals surface area contributed by atoms with Gasteiger partial charge in [0, 0.05) is 11.0 Å². The van der Waals surface area contributed by atoms with E-state index in [9.17, 15) is 9.90 Å². The lowest BCUT2D eigenvalue weighted by molar-refractivity contribution is 0.0781. The average Bonchev–Trinajstić information content (AvgIpc) is 2.25. The van der Waals surface area contributed by atoms with Crippen molar-refractivity contribution in [3.63, 3.8) is 0 Å². The molecule has 0 aromatic heterocycles. The van der Waals surface area contributed by atoms with E-state index in [0.717, 1.165) is 0 Å². The molecule has 0 radical (unpaired) electrons. The predicted molar refractivity (Wildman–Crippen MR) is 63.0 cm³/mol. The molecule has 0 atom stereocenters. The molecule has 16 heavy (non-hydrogen) atoms. The number of amides is 1. The number of aromatic hydroxyl groups is 1. The monoisotopic (exact) mass is 282 g/mol. The lowest BCUT2D eigenvalue weighted by Crippen LogP contribution is -2.31. The van der Waals surface area contributed by atoms with E-state index in [1.165, 1.54) is 17.0 Å². The summed E-state index contributed by atoms with van der Waals surface area (Å²) in [7, 11) is 0. The van der Waals surface area contributed by atoms with Gasteiger partial charge in [-0.25, -0.2) is 0 Å². The quantitative estimate of drug-likeness (QED) is 0.864. The second kappa shape index (κ2) is 5.52. The van der Waals surface area contributed by atoms with Gasteiger partial charge in [0.05, 0.1) is 11.6 Å². The molecule has 1 rings (SSSR count). The highest BCUT2D eigenvalue weighted by atomic mass is 79.9. The Hall–Kier alpha value is -1.54. The molecule has 1 amide bonds. The van der Waals surface area contributed by atoms with Crippen LogP contribution >= 0.6 is 15.9 Å². The number of phenols is 1. The van der Waals surface area contributed by atoms with Gasteiger partial charge < -0.3 is 10.0 Å². The van der Waals surface area contributed by atoms with Crippen molar-refractivity contribution in [2.45, 2.75) is 6.92 Å². The highest BCUT2D eigenvalue weighted by molar-refractivity contribution is 9.10. The molecule has 5 heteroatoms. The minimum absolute atomic E-state index is 0.0187. The first kappa shape index (κ1) is 12.5. The molecule has 4 nitrogen and oxygen atoms in total. The van der Waals surface area contributed by atoms with Crippen LogP contribution < -0.4 is 0 Å². The fourth-order valence-corrected chi connectivity index (χ4v) is 1.62. The van der Waals surface area contributed by atoms with E-state index in [2.05, 4.69) is 15.9 Å². The van der Waals surface area contributed by atoms with Crippen molar-refractivity contribution in [2.24, 2.45) is 0 Å². The number of rotatable bonds is 3. The van der Waals surface area contributed by atoms with Crippen molar-refractivity contribution in [1.29, 1.82) is 5.26 Å². The number of phenolic OH excluding ortho intramolecular Hbond substituents is 1. The molecule has 0 fully saturated rings. The SMILES string of the molecule is CCN(CC#N)C(=O)c1ccc(Br)cc1O. The van der Waals surface area contributed by atoms with Crippen LogP contribution in [0.4, 0.5) is 0 Å². The molecule has 0 bridgehead atoms. The molecule has 1 N–H and O–H groups in total. The van der Waals surface area contributed by atoms with Gasteiger partial charge >= 0.3 is 0 Å². The van der Waals surface area contributed by atoms with E-state index >= 15 is 0 Å².